The molecule has 0 saturated carbocycles. The molecule has 1 atom stereocenters. The molecule has 98 valence electrons. The second-order valence-electron chi connectivity index (χ2n) is 4.74. The molecular weight excluding hydrogens is 260 g/mol. The summed E-state index contributed by atoms with van der Waals surface area (Å²) in [6.07, 6.45) is 3.29. The third kappa shape index (κ3) is 3.69. The summed E-state index contributed by atoms with van der Waals surface area (Å²) < 4.78 is 0. The van der Waals surface area contributed by atoms with Gasteiger partial charge in [-0.2, -0.15) is 0 Å². The molecule has 0 aliphatic carbocycles. The topological polar surface area (TPSA) is 24.4 Å². The highest BCUT2D eigenvalue weighted by Crippen LogP contribution is 2.25. The average molecular weight is 280 g/mol. The lowest BCUT2D eigenvalue weighted by atomic mass is 10.0. The van der Waals surface area contributed by atoms with E-state index in [0.29, 0.717) is 12.0 Å². The van der Waals surface area contributed by atoms with Crippen molar-refractivity contribution in [2.45, 2.75) is 31.2 Å². The van der Waals surface area contributed by atoms with Crippen LogP contribution in [-0.2, 0) is 0 Å². The molecule has 2 rings (SSSR count). The van der Waals surface area contributed by atoms with Crippen LogP contribution >= 0.6 is 23.5 Å². The fourth-order valence-corrected chi connectivity index (χ4v) is 3.32. The van der Waals surface area contributed by atoms with Crippen LogP contribution in [0.2, 0.25) is 0 Å². The van der Waals surface area contributed by atoms with E-state index in [1.165, 1.54) is 11.3 Å². The van der Waals surface area contributed by atoms with Crippen LogP contribution in [0, 0.1) is 5.92 Å². The molecule has 1 aromatic carbocycles. The zero-order chi connectivity index (χ0) is 13.0. The highest BCUT2D eigenvalue weighted by molar-refractivity contribution is 8.14. The number of thioether (sulfide) groups is 2. The molecule has 0 aromatic heterocycles. The predicted octanol–water partition coefficient (Wildman–Crippen LogP) is 4.34. The monoisotopic (exact) mass is 280 g/mol. The van der Waals surface area contributed by atoms with Gasteiger partial charge in [0.05, 0.1) is 6.04 Å². The van der Waals surface area contributed by atoms with Crippen LogP contribution in [0.15, 0.2) is 34.2 Å². The lowest BCUT2D eigenvalue weighted by molar-refractivity contribution is 0.485. The van der Waals surface area contributed by atoms with Crippen molar-refractivity contribution in [3.63, 3.8) is 0 Å². The van der Waals surface area contributed by atoms with Gasteiger partial charge < -0.3 is 5.32 Å². The largest absolute Gasteiger partial charge is 0.335 e. The lowest BCUT2D eigenvalue weighted by Gasteiger charge is -2.23. The molecule has 0 amide bonds. The van der Waals surface area contributed by atoms with Gasteiger partial charge in [-0.15, -0.1) is 11.8 Å². The normalized spacial score (nSPS) is 19.8. The molecule has 1 heterocycles. The van der Waals surface area contributed by atoms with Crippen molar-refractivity contribution < 1.29 is 0 Å². The Morgan fingerprint density at radius 2 is 2.28 bits per heavy atom. The molecule has 4 heteroatoms. The fraction of sp³-hybridized carbons (Fsp3) is 0.500. The Morgan fingerprint density at radius 1 is 1.44 bits per heavy atom. The maximum absolute atomic E-state index is 4.79. The van der Waals surface area contributed by atoms with E-state index in [0.717, 1.165) is 16.6 Å². The highest BCUT2D eigenvalue weighted by atomic mass is 32.2. The number of nitrogens with one attached hydrogen (secondary N) is 1. The number of hydrogen-bond donors (Lipinski definition) is 1. The van der Waals surface area contributed by atoms with Crippen LogP contribution in [0.5, 0.6) is 0 Å². The van der Waals surface area contributed by atoms with E-state index in [9.17, 15) is 0 Å². The number of amidine groups is 1. The minimum absolute atomic E-state index is 0.470. The molecule has 0 spiro atoms. The molecule has 1 aliphatic rings. The standard InChI is InChI=1S/C14H20N2S2/c1-10(2)13-7-8-18-14(16-13)15-11-5-4-6-12(9-11)17-3/h4-6,9-10,13H,7-8H2,1-3H3,(H,15,16). The van der Waals surface area contributed by atoms with Crippen LogP contribution in [0.1, 0.15) is 20.3 Å². The minimum atomic E-state index is 0.470. The third-order valence-electron chi connectivity index (χ3n) is 3.03. The van der Waals surface area contributed by atoms with Gasteiger partial charge in [0.25, 0.3) is 0 Å². The SMILES string of the molecule is CSc1cccc(NC2=NC(C(C)C)CCS2)c1. The summed E-state index contributed by atoms with van der Waals surface area (Å²) in [6, 6.07) is 8.96. The van der Waals surface area contributed by atoms with Crippen LogP contribution in [0.25, 0.3) is 0 Å². The zero-order valence-corrected chi connectivity index (χ0v) is 12.8. The van der Waals surface area contributed by atoms with Gasteiger partial charge in [0.2, 0.25) is 0 Å². The molecule has 1 aromatic rings. The lowest BCUT2D eigenvalue weighted by Crippen LogP contribution is -2.23. The van der Waals surface area contributed by atoms with Crippen molar-refractivity contribution in [3.05, 3.63) is 24.3 Å². The molecule has 0 saturated heterocycles. The van der Waals surface area contributed by atoms with Crippen molar-refractivity contribution in [3.8, 4) is 0 Å². The maximum Gasteiger partial charge on any atom is 0.161 e. The first-order valence-corrected chi connectivity index (χ1v) is 8.51. The van der Waals surface area contributed by atoms with Gasteiger partial charge in [-0.05, 0) is 36.8 Å². The minimum Gasteiger partial charge on any atom is -0.335 e. The molecule has 1 unspecified atom stereocenters. The van der Waals surface area contributed by atoms with E-state index in [-0.39, 0.29) is 0 Å². The molecule has 0 radical (unpaired) electrons. The van der Waals surface area contributed by atoms with Gasteiger partial charge in [-0.25, -0.2) is 0 Å². The molecule has 0 fully saturated rings. The molecule has 1 aliphatic heterocycles. The average Bonchev–Trinajstić information content (AvgIpc) is 2.39. The van der Waals surface area contributed by atoms with E-state index >= 15 is 0 Å². The first-order valence-electron chi connectivity index (χ1n) is 6.30. The summed E-state index contributed by atoms with van der Waals surface area (Å²) >= 11 is 3.59. The number of anilines is 1. The first-order chi connectivity index (χ1) is 8.69. The van der Waals surface area contributed by atoms with Gasteiger partial charge in [0.15, 0.2) is 5.17 Å². The zero-order valence-electron chi connectivity index (χ0n) is 11.1. The second-order valence-corrected chi connectivity index (χ2v) is 6.70. The van der Waals surface area contributed by atoms with Crippen LogP contribution < -0.4 is 5.32 Å². The Labute approximate surface area is 118 Å². The van der Waals surface area contributed by atoms with Crippen LogP contribution in [-0.4, -0.2) is 23.2 Å². The summed E-state index contributed by atoms with van der Waals surface area (Å²) in [6.45, 7) is 4.49. The van der Waals surface area contributed by atoms with Crippen molar-refractivity contribution in [1.82, 2.24) is 0 Å². The van der Waals surface area contributed by atoms with E-state index in [4.69, 9.17) is 4.99 Å². The number of benzene rings is 1. The molecule has 1 N–H and O–H groups in total. The molecular formula is C14H20N2S2. The van der Waals surface area contributed by atoms with E-state index < -0.39 is 0 Å². The van der Waals surface area contributed by atoms with Crippen molar-refractivity contribution in [2.75, 3.05) is 17.3 Å². The number of rotatable bonds is 3. The maximum atomic E-state index is 4.79. The fourth-order valence-electron chi connectivity index (χ4n) is 1.90. The van der Waals surface area contributed by atoms with Crippen LogP contribution in [0.3, 0.4) is 0 Å². The smallest absolute Gasteiger partial charge is 0.161 e. The van der Waals surface area contributed by atoms with Gasteiger partial charge >= 0.3 is 0 Å². The van der Waals surface area contributed by atoms with Crippen LogP contribution in [0.4, 0.5) is 5.69 Å². The summed E-state index contributed by atoms with van der Waals surface area (Å²) in [5, 5.41) is 4.51. The summed E-state index contributed by atoms with van der Waals surface area (Å²) in [5.41, 5.74) is 1.14. The van der Waals surface area contributed by atoms with Gasteiger partial charge in [-0.3, -0.25) is 4.99 Å². The van der Waals surface area contributed by atoms with Gasteiger partial charge in [0.1, 0.15) is 0 Å². The predicted molar refractivity (Wildman–Crippen MR) is 85.0 cm³/mol. The van der Waals surface area contributed by atoms with Crippen molar-refractivity contribution in [1.29, 1.82) is 0 Å². The van der Waals surface area contributed by atoms with E-state index in [1.54, 1.807) is 11.8 Å². The first kappa shape index (κ1) is 13.8. The Balaban J connectivity index is 2.08. The quantitative estimate of drug-likeness (QED) is 0.834. The molecule has 18 heavy (non-hydrogen) atoms. The highest BCUT2D eigenvalue weighted by Gasteiger charge is 2.18. The second kappa shape index (κ2) is 6.53. The van der Waals surface area contributed by atoms with Gasteiger partial charge in [-0.1, -0.05) is 31.7 Å². The van der Waals surface area contributed by atoms with Gasteiger partial charge in [0, 0.05) is 16.3 Å². The van der Waals surface area contributed by atoms with Crippen molar-refractivity contribution in [2.24, 2.45) is 10.9 Å². The third-order valence-corrected chi connectivity index (χ3v) is 4.67. The van der Waals surface area contributed by atoms with E-state index in [1.807, 2.05) is 11.8 Å². The number of hydrogen-bond acceptors (Lipinski definition) is 4. The Bertz CT molecular complexity index is 430. The summed E-state index contributed by atoms with van der Waals surface area (Å²) in [4.78, 5) is 6.07. The number of aliphatic imine (C=N–C) groups is 1. The van der Waals surface area contributed by atoms with E-state index in [2.05, 4.69) is 49.7 Å². The summed E-state index contributed by atoms with van der Waals surface area (Å²) in [7, 11) is 0. The molecule has 0 bridgehead atoms. The Kier molecular flexibility index (Phi) is 5.01. The number of nitrogens with zero attached hydrogens (tertiary/aromatic N) is 1. The Hall–Kier alpha value is -0.610. The Morgan fingerprint density at radius 3 is 3.00 bits per heavy atom. The molecule has 2 nitrogen and oxygen atoms in total. The summed E-state index contributed by atoms with van der Waals surface area (Å²) in [5.74, 6) is 1.79. The van der Waals surface area contributed by atoms with Crippen molar-refractivity contribution >= 4 is 34.4 Å².